The molecule has 5 rings (SSSR count). The Bertz CT molecular complexity index is 1910. The summed E-state index contributed by atoms with van der Waals surface area (Å²) in [6.07, 6.45) is 1.49. The molecule has 0 fully saturated rings. The number of hydrogen-bond donors (Lipinski definition) is 3. The van der Waals surface area contributed by atoms with E-state index in [1.807, 2.05) is 60.7 Å². The summed E-state index contributed by atoms with van der Waals surface area (Å²) in [7, 11) is 0. The average Bonchev–Trinajstić information content (AvgIpc) is 3.14. The lowest BCUT2D eigenvalue weighted by Gasteiger charge is -2.39. The summed E-state index contributed by atoms with van der Waals surface area (Å²) in [5, 5.41) is 32.7. The van der Waals surface area contributed by atoms with Crippen LogP contribution in [0, 0.1) is 0 Å². The normalized spacial score (nSPS) is 13.5. The summed E-state index contributed by atoms with van der Waals surface area (Å²) in [5.41, 5.74) is -3.44. The van der Waals surface area contributed by atoms with Gasteiger partial charge in [-0.2, -0.15) is 0 Å². The molecule has 9 nitrogen and oxygen atoms in total. The van der Waals surface area contributed by atoms with Crippen LogP contribution in [0.1, 0.15) is 27.8 Å². The largest absolute Gasteiger partial charge is 0.485 e. The number of hydrogen-bond acceptors (Lipinski definition) is 7. The van der Waals surface area contributed by atoms with Crippen LogP contribution in [0.15, 0.2) is 146 Å². The van der Waals surface area contributed by atoms with Crippen molar-refractivity contribution in [2.45, 2.75) is 37.4 Å². The van der Waals surface area contributed by atoms with Crippen molar-refractivity contribution in [3.63, 3.8) is 0 Å². The topological polar surface area (TPSA) is 140 Å². The molecular formula is C41H36O9. The van der Waals surface area contributed by atoms with Gasteiger partial charge in [0.15, 0.2) is 11.5 Å². The van der Waals surface area contributed by atoms with Gasteiger partial charge in [0.1, 0.15) is 13.2 Å². The highest BCUT2D eigenvalue weighted by molar-refractivity contribution is 6.17. The fourth-order valence-corrected chi connectivity index (χ4v) is 5.37. The van der Waals surface area contributed by atoms with E-state index in [1.165, 1.54) is 18.2 Å². The molecule has 2 atom stereocenters. The van der Waals surface area contributed by atoms with Gasteiger partial charge in [-0.25, -0.2) is 9.59 Å². The second-order valence-corrected chi connectivity index (χ2v) is 11.5. The van der Waals surface area contributed by atoms with E-state index < -0.39 is 42.0 Å². The minimum atomic E-state index is -3.24. The maximum absolute atomic E-state index is 14.1. The molecule has 0 aromatic heterocycles. The Labute approximate surface area is 289 Å². The van der Waals surface area contributed by atoms with Crippen molar-refractivity contribution in [2.24, 2.45) is 0 Å². The van der Waals surface area contributed by atoms with Crippen LogP contribution in [-0.4, -0.2) is 44.2 Å². The van der Waals surface area contributed by atoms with Gasteiger partial charge in [0.05, 0.1) is 6.61 Å². The summed E-state index contributed by atoms with van der Waals surface area (Å²) in [5.74, 6) is -4.38. The second kappa shape index (κ2) is 16.4. The van der Waals surface area contributed by atoms with Gasteiger partial charge in [0, 0.05) is 6.42 Å². The molecule has 0 aliphatic rings. The molecule has 2 unspecified atom stereocenters. The van der Waals surface area contributed by atoms with Gasteiger partial charge in [-0.05, 0) is 46.0 Å². The Morgan fingerprint density at radius 1 is 0.560 bits per heavy atom. The maximum atomic E-state index is 14.1. The molecule has 0 amide bonds. The van der Waals surface area contributed by atoms with Gasteiger partial charge in [-0.1, -0.05) is 133 Å². The number of carboxylic acid groups (broad SMARTS) is 2. The lowest BCUT2D eigenvalue weighted by molar-refractivity contribution is -0.217. The number of carbonyl (C=O) groups is 3. The minimum absolute atomic E-state index is 0.217. The summed E-state index contributed by atoms with van der Waals surface area (Å²) >= 11 is 0. The van der Waals surface area contributed by atoms with Gasteiger partial charge in [0.2, 0.25) is 11.4 Å². The Balaban J connectivity index is 1.50. The number of ketones is 1. The molecule has 0 spiro atoms. The Kier molecular flexibility index (Phi) is 11.6. The molecule has 0 aliphatic carbocycles. The maximum Gasteiger partial charge on any atom is 0.348 e. The van der Waals surface area contributed by atoms with Gasteiger partial charge in [-0.15, -0.1) is 0 Å². The molecule has 254 valence electrons. The first kappa shape index (κ1) is 35.3. The number of aliphatic carboxylic acids is 2. The number of carboxylic acids is 2. The van der Waals surface area contributed by atoms with Gasteiger partial charge >= 0.3 is 11.9 Å². The highest BCUT2D eigenvalue weighted by Crippen LogP contribution is 2.35. The number of ether oxygens (including phenoxy) is 3. The molecule has 50 heavy (non-hydrogen) atoms. The van der Waals surface area contributed by atoms with Gasteiger partial charge in [0.25, 0.3) is 5.60 Å². The molecule has 5 aromatic carbocycles. The van der Waals surface area contributed by atoms with Gasteiger partial charge in [-0.3, -0.25) is 4.79 Å². The fraction of sp³-hybridized carbons (Fsp3) is 0.146. The van der Waals surface area contributed by atoms with E-state index in [1.54, 1.807) is 66.7 Å². The van der Waals surface area contributed by atoms with Crippen molar-refractivity contribution in [2.75, 3.05) is 0 Å². The van der Waals surface area contributed by atoms with Crippen LogP contribution >= 0.6 is 0 Å². The number of carbonyl (C=O) groups excluding carboxylic acids is 1. The first-order valence-electron chi connectivity index (χ1n) is 15.8. The zero-order valence-corrected chi connectivity index (χ0v) is 27.1. The molecule has 0 saturated heterocycles. The van der Waals surface area contributed by atoms with Crippen molar-refractivity contribution >= 4 is 23.8 Å². The Morgan fingerprint density at radius 3 is 1.50 bits per heavy atom. The number of benzene rings is 5. The van der Waals surface area contributed by atoms with E-state index in [-0.39, 0.29) is 18.8 Å². The van der Waals surface area contributed by atoms with Crippen LogP contribution in [0.2, 0.25) is 0 Å². The zero-order valence-electron chi connectivity index (χ0n) is 27.1. The molecule has 0 bridgehead atoms. The SMILES string of the molecule is O=C(O)C(O)(Cc1ccccc1)C(OCc1ccccc1)(C(=O)O)C(=O)/C=C/c1ccc(OCc2ccccc2)c(OCc2ccccc2)c1. The highest BCUT2D eigenvalue weighted by atomic mass is 16.6. The van der Waals surface area contributed by atoms with Crippen LogP contribution in [0.4, 0.5) is 0 Å². The smallest absolute Gasteiger partial charge is 0.348 e. The Hall–Kier alpha value is -6.03. The summed E-state index contributed by atoms with van der Waals surface area (Å²) in [4.78, 5) is 40.0. The fourth-order valence-electron chi connectivity index (χ4n) is 5.37. The van der Waals surface area contributed by atoms with Crippen molar-refractivity contribution in [3.8, 4) is 11.5 Å². The van der Waals surface area contributed by atoms with Crippen molar-refractivity contribution in [3.05, 3.63) is 173 Å². The summed E-state index contributed by atoms with van der Waals surface area (Å²) < 4.78 is 17.9. The van der Waals surface area contributed by atoms with Gasteiger partial charge < -0.3 is 29.5 Å². The minimum Gasteiger partial charge on any atom is -0.485 e. The summed E-state index contributed by atoms with van der Waals surface area (Å²) in [6, 6.07) is 40.3. The lowest BCUT2D eigenvalue weighted by Crippen LogP contribution is -2.69. The molecule has 0 saturated carbocycles. The summed E-state index contributed by atoms with van der Waals surface area (Å²) in [6.45, 7) is 0.0164. The predicted molar refractivity (Wildman–Crippen MR) is 186 cm³/mol. The van der Waals surface area contributed by atoms with Crippen LogP contribution in [0.3, 0.4) is 0 Å². The van der Waals surface area contributed by atoms with E-state index in [2.05, 4.69) is 0 Å². The van der Waals surface area contributed by atoms with Crippen LogP contribution in [0.25, 0.3) is 6.08 Å². The number of aliphatic hydroxyl groups is 1. The predicted octanol–water partition coefficient (Wildman–Crippen LogP) is 6.53. The molecular weight excluding hydrogens is 636 g/mol. The third kappa shape index (κ3) is 8.33. The van der Waals surface area contributed by atoms with E-state index in [4.69, 9.17) is 14.2 Å². The van der Waals surface area contributed by atoms with Crippen LogP contribution in [-0.2, 0) is 45.4 Å². The molecule has 0 heterocycles. The average molecular weight is 673 g/mol. The van der Waals surface area contributed by atoms with E-state index >= 15 is 0 Å². The van der Waals surface area contributed by atoms with E-state index in [0.29, 0.717) is 22.6 Å². The molecule has 3 N–H and O–H groups in total. The Morgan fingerprint density at radius 2 is 1.02 bits per heavy atom. The zero-order chi connectivity index (χ0) is 35.4. The van der Waals surface area contributed by atoms with Crippen molar-refractivity contribution in [1.82, 2.24) is 0 Å². The molecule has 0 aliphatic heterocycles. The first-order chi connectivity index (χ1) is 24.2. The lowest BCUT2D eigenvalue weighted by atomic mass is 9.74. The third-order valence-corrected chi connectivity index (χ3v) is 8.05. The van der Waals surface area contributed by atoms with E-state index in [9.17, 15) is 29.7 Å². The van der Waals surface area contributed by atoms with E-state index in [0.717, 1.165) is 17.2 Å². The molecule has 9 heteroatoms. The third-order valence-electron chi connectivity index (χ3n) is 8.05. The highest BCUT2D eigenvalue weighted by Gasteiger charge is 2.66. The number of rotatable bonds is 17. The van der Waals surface area contributed by atoms with Crippen molar-refractivity contribution < 1.29 is 43.9 Å². The monoisotopic (exact) mass is 672 g/mol. The van der Waals surface area contributed by atoms with Crippen molar-refractivity contribution in [1.29, 1.82) is 0 Å². The molecule has 5 aromatic rings. The first-order valence-corrected chi connectivity index (χ1v) is 15.8. The quantitative estimate of drug-likeness (QED) is 0.0744. The second-order valence-electron chi connectivity index (χ2n) is 11.5. The standard InChI is InChI=1S/C41H36O9/c42-37(41(39(45)46,50-29-34-19-11-4-12-20-34)40(47,38(43)44)26-31-13-5-1-6-14-31)24-22-30-21-23-35(48-27-32-15-7-2-8-16-32)36(25-30)49-28-33-17-9-3-10-18-33/h1-25,47H,26-29H2,(H,43,44)(H,45,46)/b24-22+. The van der Waals surface area contributed by atoms with Crippen LogP contribution < -0.4 is 9.47 Å². The molecule has 0 radical (unpaired) electrons. The van der Waals surface area contributed by atoms with Crippen LogP contribution in [0.5, 0.6) is 11.5 Å².